The summed E-state index contributed by atoms with van der Waals surface area (Å²) in [5.41, 5.74) is -0.110. The largest absolute Gasteiger partial charge is 0.481 e. The molecule has 5 rings (SSSR count). The third-order valence-corrected chi connectivity index (χ3v) is 6.31. The molecule has 3 heterocycles. The van der Waals surface area contributed by atoms with Crippen LogP contribution < -0.4 is 10.1 Å². The molecule has 1 N–H and O–H groups in total. The molecule has 0 aliphatic heterocycles. The number of nitrogens with one attached hydrogen (secondary N) is 1. The van der Waals surface area contributed by atoms with Crippen molar-refractivity contribution in [3.8, 4) is 17.0 Å². The van der Waals surface area contributed by atoms with E-state index in [1.54, 1.807) is 24.5 Å². The average molecular weight is 527 g/mol. The van der Waals surface area contributed by atoms with Crippen LogP contribution in [0, 0.1) is 5.82 Å². The van der Waals surface area contributed by atoms with Crippen molar-refractivity contribution in [2.45, 2.75) is 37.3 Å². The number of hydrogen-bond donors (Lipinski definition) is 1. The van der Waals surface area contributed by atoms with Crippen molar-refractivity contribution < 1.29 is 31.6 Å². The SMILES string of the molecule is COc1cccc(Cc2ncc(-c3ccc(CC(=O)Nc4cc(C5(C(F)(F)F)CC5)on4)c(F)c3)cn2)n1. The molecule has 12 heteroatoms. The second-order valence-electron chi connectivity index (χ2n) is 8.92. The minimum atomic E-state index is -4.46. The Morgan fingerprint density at radius 1 is 1.11 bits per heavy atom. The van der Waals surface area contributed by atoms with Crippen LogP contribution >= 0.6 is 0 Å². The van der Waals surface area contributed by atoms with E-state index in [1.165, 1.54) is 19.2 Å². The first-order valence-corrected chi connectivity index (χ1v) is 11.6. The molecule has 0 unspecified atom stereocenters. The van der Waals surface area contributed by atoms with E-state index in [2.05, 4.69) is 25.4 Å². The average Bonchev–Trinajstić information content (AvgIpc) is 3.60. The van der Waals surface area contributed by atoms with E-state index in [0.717, 1.165) is 11.8 Å². The van der Waals surface area contributed by atoms with Gasteiger partial charge in [0.1, 0.15) is 17.1 Å². The molecule has 4 aromatic rings. The number of rotatable bonds is 8. The zero-order valence-corrected chi connectivity index (χ0v) is 20.1. The number of carbonyl (C=O) groups excluding carboxylic acids is 1. The summed E-state index contributed by atoms with van der Waals surface area (Å²) >= 11 is 0. The van der Waals surface area contributed by atoms with E-state index in [4.69, 9.17) is 9.26 Å². The molecule has 1 aliphatic rings. The van der Waals surface area contributed by atoms with Gasteiger partial charge in [0, 0.05) is 30.1 Å². The Morgan fingerprint density at radius 2 is 1.87 bits per heavy atom. The van der Waals surface area contributed by atoms with Crippen molar-refractivity contribution in [1.29, 1.82) is 0 Å². The van der Waals surface area contributed by atoms with E-state index in [1.807, 2.05) is 12.1 Å². The Hall–Kier alpha value is -4.35. The number of hydrogen-bond acceptors (Lipinski definition) is 7. The second kappa shape index (κ2) is 9.84. The molecule has 0 spiro atoms. The van der Waals surface area contributed by atoms with Crippen molar-refractivity contribution in [2.24, 2.45) is 0 Å². The van der Waals surface area contributed by atoms with E-state index < -0.39 is 23.3 Å². The highest BCUT2D eigenvalue weighted by molar-refractivity contribution is 5.91. The number of nitrogens with zero attached hydrogens (tertiary/aromatic N) is 4. The van der Waals surface area contributed by atoms with Gasteiger partial charge >= 0.3 is 6.18 Å². The van der Waals surface area contributed by atoms with Crippen molar-refractivity contribution in [3.05, 3.63) is 83.5 Å². The van der Waals surface area contributed by atoms with Gasteiger partial charge in [0.25, 0.3) is 0 Å². The Kier molecular flexibility index (Phi) is 6.55. The summed E-state index contributed by atoms with van der Waals surface area (Å²) in [5.74, 6) is -0.753. The van der Waals surface area contributed by atoms with E-state index >= 15 is 0 Å². The van der Waals surface area contributed by atoms with Gasteiger partial charge in [-0.05, 0) is 36.1 Å². The molecular formula is C26H21F4N5O3. The van der Waals surface area contributed by atoms with E-state index in [-0.39, 0.29) is 36.4 Å². The maximum atomic E-state index is 14.8. The fraction of sp³-hybridized carbons (Fsp3) is 0.269. The first kappa shape index (κ1) is 25.3. The quantitative estimate of drug-likeness (QED) is 0.320. The summed E-state index contributed by atoms with van der Waals surface area (Å²) in [6.45, 7) is 0. The van der Waals surface area contributed by atoms with Crippen molar-refractivity contribution in [3.63, 3.8) is 0 Å². The highest BCUT2D eigenvalue weighted by atomic mass is 19.4. The Morgan fingerprint density at radius 3 is 2.53 bits per heavy atom. The third-order valence-electron chi connectivity index (χ3n) is 6.31. The number of alkyl halides is 3. The minimum Gasteiger partial charge on any atom is -0.481 e. The zero-order valence-electron chi connectivity index (χ0n) is 20.1. The van der Waals surface area contributed by atoms with Crippen LogP contribution in [-0.2, 0) is 23.1 Å². The molecule has 38 heavy (non-hydrogen) atoms. The van der Waals surface area contributed by atoms with Gasteiger partial charge in [-0.3, -0.25) is 4.79 Å². The molecule has 8 nitrogen and oxygen atoms in total. The van der Waals surface area contributed by atoms with Crippen molar-refractivity contribution in [2.75, 3.05) is 12.4 Å². The molecule has 0 atom stereocenters. The number of methoxy groups -OCH3 is 1. The third kappa shape index (κ3) is 5.20. The molecule has 1 aliphatic carbocycles. The number of halogens is 4. The van der Waals surface area contributed by atoms with Crippen LogP contribution in [0.15, 0.2) is 59.4 Å². The molecule has 1 saturated carbocycles. The number of anilines is 1. The fourth-order valence-electron chi connectivity index (χ4n) is 4.01. The Labute approximate surface area is 214 Å². The van der Waals surface area contributed by atoms with Gasteiger partial charge in [-0.15, -0.1) is 0 Å². The Bertz CT molecular complexity index is 1470. The molecule has 1 aromatic carbocycles. The summed E-state index contributed by atoms with van der Waals surface area (Å²) in [5, 5.41) is 5.87. The van der Waals surface area contributed by atoms with Gasteiger partial charge in [0.15, 0.2) is 11.6 Å². The number of amides is 1. The van der Waals surface area contributed by atoms with Crippen LogP contribution in [0.4, 0.5) is 23.4 Å². The molecule has 1 fully saturated rings. The Balaban J connectivity index is 1.21. The lowest BCUT2D eigenvalue weighted by molar-refractivity contribution is -0.165. The van der Waals surface area contributed by atoms with E-state index in [9.17, 15) is 22.4 Å². The van der Waals surface area contributed by atoms with Crippen LogP contribution in [-0.4, -0.2) is 39.3 Å². The number of aromatic nitrogens is 4. The summed E-state index contributed by atoms with van der Waals surface area (Å²) in [7, 11) is 1.53. The van der Waals surface area contributed by atoms with Crippen LogP contribution in [0.25, 0.3) is 11.1 Å². The van der Waals surface area contributed by atoms with Crippen molar-refractivity contribution in [1.82, 2.24) is 20.1 Å². The highest BCUT2D eigenvalue weighted by Gasteiger charge is 2.66. The fourth-order valence-corrected chi connectivity index (χ4v) is 4.01. The summed E-state index contributed by atoms with van der Waals surface area (Å²) < 4.78 is 64.4. The standard InChI is InChI=1S/C26H21F4N5O3/c1-37-24-4-2-3-18(33-24)11-21-31-13-17(14-32-21)15-5-6-16(19(27)9-15)10-23(36)34-22-12-20(38-35-22)25(7-8-25)26(28,29)30/h2-6,9,12-14H,7-8,10-11H2,1H3,(H,34,35,36). The summed E-state index contributed by atoms with van der Waals surface area (Å²) in [4.78, 5) is 25.4. The number of benzene rings is 1. The predicted octanol–water partition coefficient (Wildman–Crippen LogP) is 5.04. The van der Waals surface area contributed by atoms with Gasteiger partial charge in [0.05, 0.1) is 25.6 Å². The normalized spacial score (nSPS) is 14.2. The molecule has 3 aromatic heterocycles. The molecule has 196 valence electrons. The maximum Gasteiger partial charge on any atom is 0.401 e. The van der Waals surface area contributed by atoms with Gasteiger partial charge in [0.2, 0.25) is 11.8 Å². The molecule has 1 amide bonds. The van der Waals surface area contributed by atoms with Crippen LogP contribution in [0.1, 0.15) is 35.7 Å². The van der Waals surface area contributed by atoms with Crippen LogP contribution in [0.3, 0.4) is 0 Å². The summed E-state index contributed by atoms with van der Waals surface area (Å²) in [6.07, 6.45) is -1.46. The van der Waals surface area contributed by atoms with Crippen LogP contribution in [0.2, 0.25) is 0 Å². The maximum absolute atomic E-state index is 14.8. The lowest BCUT2D eigenvalue weighted by atomic mass is 10.0. The summed E-state index contributed by atoms with van der Waals surface area (Å²) in [6, 6.07) is 10.8. The first-order chi connectivity index (χ1) is 18.2. The number of ether oxygens (including phenoxy) is 1. The predicted molar refractivity (Wildman–Crippen MR) is 127 cm³/mol. The van der Waals surface area contributed by atoms with Gasteiger partial charge < -0.3 is 14.6 Å². The first-order valence-electron chi connectivity index (χ1n) is 11.6. The van der Waals surface area contributed by atoms with Gasteiger partial charge in [-0.2, -0.15) is 13.2 Å². The molecule has 0 radical (unpaired) electrons. The number of carbonyl (C=O) groups is 1. The second-order valence-corrected chi connectivity index (χ2v) is 8.92. The number of pyridine rings is 1. The zero-order chi connectivity index (χ0) is 26.9. The van der Waals surface area contributed by atoms with Crippen molar-refractivity contribution >= 4 is 11.7 Å². The van der Waals surface area contributed by atoms with Gasteiger partial charge in [-0.25, -0.2) is 19.3 Å². The van der Waals surface area contributed by atoms with Crippen LogP contribution in [0.5, 0.6) is 5.88 Å². The smallest absolute Gasteiger partial charge is 0.401 e. The topological polar surface area (TPSA) is 103 Å². The van der Waals surface area contributed by atoms with E-state index in [0.29, 0.717) is 29.3 Å². The lowest BCUT2D eigenvalue weighted by Crippen LogP contribution is -2.28. The molecule has 0 bridgehead atoms. The van der Waals surface area contributed by atoms with Gasteiger partial charge in [-0.1, -0.05) is 23.4 Å². The molecular weight excluding hydrogens is 506 g/mol. The minimum absolute atomic E-state index is 0.0934. The molecule has 0 saturated heterocycles. The monoisotopic (exact) mass is 527 g/mol. The lowest BCUT2D eigenvalue weighted by Gasteiger charge is -2.14. The highest BCUT2D eigenvalue weighted by Crippen LogP contribution is 2.59.